The third-order valence-electron chi connectivity index (χ3n) is 3.26. The van der Waals surface area contributed by atoms with Gasteiger partial charge in [-0.3, -0.25) is 0 Å². The first-order valence-corrected chi connectivity index (χ1v) is 8.10. The number of rotatable bonds is 1. The van der Waals surface area contributed by atoms with Gasteiger partial charge in [-0.25, -0.2) is 4.79 Å². The third kappa shape index (κ3) is 3.72. The highest BCUT2D eigenvalue weighted by molar-refractivity contribution is 9.11. The highest BCUT2D eigenvalue weighted by atomic mass is 79.9. The molecule has 0 fully saturated rings. The SMILES string of the molecule is CN(C(=O)OC(C)(C)C)C1CCc2sc(Br)cc2C1. The van der Waals surface area contributed by atoms with Crippen LogP contribution in [0.3, 0.4) is 0 Å². The zero-order valence-corrected chi connectivity index (χ0v) is 14.2. The summed E-state index contributed by atoms with van der Waals surface area (Å²) in [4.78, 5) is 15.3. The Morgan fingerprint density at radius 3 is 2.84 bits per heavy atom. The number of thiophene rings is 1. The van der Waals surface area contributed by atoms with Crippen molar-refractivity contribution in [2.45, 2.75) is 51.7 Å². The van der Waals surface area contributed by atoms with Gasteiger partial charge in [0.05, 0.1) is 3.79 Å². The number of hydrogen-bond acceptors (Lipinski definition) is 3. The van der Waals surface area contributed by atoms with E-state index in [-0.39, 0.29) is 12.1 Å². The van der Waals surface area contributed by atoms with E-state index in [4.69, 9.17) is 4.74 Å². The summed E-state index contributed by atoms with van der Waals surface area (Å²) in [6, 6.07) is 2.42. The van der Waals surface area contributed by atoms with Gasteiger partial charge in [-0.05, 0) is 67.6 Å². The van der Waals surface area contributed by atoms with Crippen LogP contribution in [0, 0.1) is 0 Å². The van der Waals surface area contributed by atoms with Crippen LogP contribution in [-0.2, 0) is 17.6 Å². The van der Waals surface area contributed by atoms with E-state index in [0.29, 0.717) is 0 Å². The summed E-state index contributed by atoms with van der Waals surface area (Å²) >= 11 is 5.34. The number of likely N-dealkylation sites (N-methyl/N-ethyl adjacent to an activating group) is 1. The molecule has 0 saturated heterocycles. The molecule has 1 aliphatic rings. The van der Waals surface area contributed by atoms with E-state index in [1.807, 2.05) is 27.8 Å². The van der Waals surface area contributed by atoms with Crippen LogP contribution in [-0.4, -0.2) is 29.7 Å². The zero-order valence-electron chi connectivity index (χ0n) is 11.8. The number of aryl methyl sites for hydroxylation is 1. The fourth-order valence-corrected chi connectivity index (χ4v) is 4.07. The van der Waals surface area contributed by atoms with Gasteiger partial charge in [0.2, 0.25) is 0 Å². The molecule has 0 saturated carbocycles. The number of halogens is 1. The predicted molar refractivity (Wildman–Crippen MR) is 81.8 cm³/mol. The van der Waals surface area contributed by atoms with Gasteiger partial charge < -0.3 is 9.64 Å². The number of fused-ring (bicyclic) bond motifs is 1. The largest absolute Gasteiger partial charge is 0.444 e. The van der Waals surface area contributed by atoms with E-state index >= 15 is 0 Å². The van der Waals surface area contributed by atoms with Crippen LogP contribution in [0.1, 0.15) is 37.6 Å². The quantitative estimate of drug-likeness (QED) is 0.761. The van der Waals surface area contributed by atoms with Crippen LogP contribution < -0.4 is 0 Å². The standard InChI is InChI=1S/C14H20BrNO2S/c1-14(2,3)18-13(17)16(4)10-5-6-11-9(7-10)8-12(15)19-11/h8,10H,5-7H2,1-4H3. The summed E-state index contributed by atoms with van der Waals surface area (Å²) in [6.45, 7) is 5.69. The highest BCUT2D eigenvalue weighted by Gasteiger charge is 2.29. The van der Waals surface area contributed by atoms with E-state index in [9.17, 15) is 4.79 Å². The predicted octanol–water partition coefficient (Wildman–Crippen LogP) is 4.23. The smallest absolute Gasteiger partial charge is 0.410 e. The van der Waals surface area contributed by atoms with Crippen LogP contribution in [0.4, 0.5) is 4.79 Å². The van der Waals surface area contributed by atoms with E-state index in [1.54, 1.807) is 16.2 Å². The van der Waals surface area contributed by atoms with Crippen LogP contribution in [0.25, 0.3) is 0 Å². The Balaban J connectivity index is 2.02. The second kappa shape index (κ2) is 5.44. The first-order valence-electron chi connectivity index (χ1n) is 6.49. The fourth-order valence-electron chi connectivity index (χ4n) is 2.28. The summed E-state index contributed by atoms with van der Waals surface area (Å²) in [5.74, 6) is 0. The fraction of sp³-hybridized carbons (Fsp3) is 0.643. The number of hydrogen-bond donors (Lipinski definition) is 0. The van der Waals surface area contributed by atoms with Crippen molar-refractivity contribution in [3.05, 3.63) is 20.3 Å². The molecule has 0 N–H and O–H groups in total. The van der Waals surface area contributed by atoms with E-state index in [0.717, 1.165) is 19.3 Å². The average molecular weight is 346 g/mol. The van der Waals surface area contributed by atoms with Crippen LogP contribution >= 0.6 is 27.3 Å². The molecule has 0 spiro atoms. The monoisotopic (exact) mass is 345 g/mol. The third-order valence-corrected chi connectivity index (χ3v) is 5.00. The van der Waals surface area contributed by atoms with Crippen molar-refractivity contribution in [1.82, 2.24) is 4.90 Å². The number of ether oxygens (including phenoxy) is 1. The maximum atomic E-state index is 12.1. The molecular formula is C14H20BrNO2S. The van der Waals surface area contributed by atoms with Gasteiger partial charge in [-0.1, -0.05) is 0 Å². The lowest BCUT2D eigenvalue weighted by Gasteiger charge is -2.32. The normalized spacial score (nSPS) is 18.9. The van der Waals surface area contributed by atoms with Gasteiger partial charge in [0, 0.05) is 18.0 Å². The van der Waals surface area contributed by atoms with Crippen molar-refractivity contribution in [2.24, 2.45) is 0 Å². The molecule has 0 aromatic carbocycles. The molecule has 0 bridgehead atoms. The number of carbonyl (C=O) groups is 1. The summed E-state index contributed by atoms with van der Waals surface area (Å²) < 4.78 is 6.61. The van der Waals surface area contributed by atoms with Gasteiger partial charge >= 0.3 is 6.09 Å². The second-order valence-electron chi connectivity index (χ2n) is 5.99. The van der Waals surface area contributed by atoms with Gasteiger partial charge in [-0.15, -0.1) is 11.3 Å². The summed E-state index contributed by atoms with van der Waals surface area (Å²) in [5.41, 5.74) is 0.930. The van der Waals surface area contributed by atoms with E-state index in [2.05, 4.69) is 22.0 Å². The molecule has 1 unspecified atom stereocenters. The Morgan fingerprint density at radius 1 is 1.53 bits per heavy atom. The number of amides is 1. The second-order valence-corrected chi connectivity index (χ2v) is 8.50. The van der Waals surface area contributed by atoms with Gasteiger partial charge in [0.15, 0.2) is 0 Å². The minimum absolute atomic E-state index is 0.227. The molecule has 1 aromatic rings. The Kier molecular flexibility index (Phi) is 4.26. The Hall–Kier alpha value is -0.550. The number of carbonyl (C=O) groups excluding carboxylic acids is 1. The maximum Gasteiger partial charge on any atom is 0.410 e. The topological polar surface area (TPSA) is 29.5 Å². The Morgan fingerprint density at radius 2 is 2.21 bits per heavy atom. The van der Waals surface area contributed by atoms with Crippen molar-refractivity contribution < 1.29 is 9.53 Å². The molecule has 5 heteroatoms. The highest BCUT2D eigenvalue weighted by Crippen LogP contribution is 2.34. The van der Waals surface area contributed by atoms with E-state index < -0.39 is 5.60 Å². The summed E-state index contributed by atoms with van der Waals surface area (Å²) in [5, 5.41) is 0. The average Bonchev–Trinajstić information content (AvgIpc) is 2.64. The number of nitrogens with zero attached hydrogens (tertiary/aromatic N) is 1. The van der Waals surface area contributed by atoms with Gasteiger partial charge in [-0.2, -0.15) is 0 Å². The molecule has 1 heterocycles. The molecule has 2 rings (SSSR count). The van der Waals surface area contributed by atoms with Crippen LogP contribution in [0.5, 0.6) is 0 Å². The molecule has 1 amide bonds. The molecule has 1 aliphatic carbocycles. The Labute approximate surface area is 127 Å². The molecule has 0 radical (unpaired) electrons. The van der Waals surface area contributed by atoms with Crippen molar-refractivity contribution in [3.8, 4) is 0 Å². The van der Waals surface area contributed by atoms with Crippen molar-refractivity contribution in [3.63, 3.8) is 0 Å². The van der Waals surface area contributed by atoms with E-state index in [1.165, 1.54) is 14.2 Å². The molecule has 3 nitrogen and oxygen atoms in total. The lowest BCUT2D eigenvalue weighted by Crippen LogP contribution is -2.43. The van der Waals surface area contributed by atoms with Crippen molar-refractivity contribution in [1.29, 1.82) is 0 Å². The lowest BCUT2D eigenvalue weighted by molar-refractivity contribution is 0.0210. The maximum absolute atomic E-state index is 12.1. The minimum Gasteiger partial charge on any atom is -0.444 e. The molecule has 1 atom stereocenters. The molecule has 106 valence electrons. The molecule has 0 aliphatic heterocycles. The van der Waals surface area contributed by atoms with Crippen LogP contribution in [0.2, 0.25) is 0 Å². The lowest BCUT2D eigenvalue weighted by atomic mass is 9.94. The first kappa shape index (κ1) is 14.9. The molecular weight excluding hydrogens is 326 g/mol. The zero-order chi connectivity index (χ0) is 14.2. The first-order chi connectivity index (χ1) is 8.76. The van der Waals surface area contributed by atoms with Crippen molar-refractivity contribution >= 4 is 33.4 Å². The summed E-state index contributed by atoms with van der Waals surface area (Å²) in [6.07, 6.45) is 2.75. The molecule has 19 heavy (non-hydrogen) atoms. The summed E-state index contributed by atoms with van der Waals surface area (Å²) in [7, 11) is 1.84. The van der Waals surface area contributed by atoms with Gasteiger partial charge in [0.25, 0.3) is 0 Å². The molecule has 1 aromatic heterocycles. The minimum atomic E-state index is -0.434. The van der Waals surface area contributed by atoms with Gasteiger partial charge in [0.1, 0.15) is 5.60 Å². The van der Waals surface area contributed by atoms with Crippen molar-refractivity contribution in [2.75, 3.05) is 7.05 Å². The Bertz CT molecular complexity index is 478. The van der Waals surface area contributed by atoms with Crippen LogP contribution in [0.15, 0.2) is 9.85 Å².